The molecular formula is C11H21N3O3. The Balaban J connectivity index is 2.34. The van der Waals surface area contributed by atoms with Crippen molar-refractivity contribution in [3.05, 3.63) is 0 Å². The second kappa shape index (κ2) is 5.86. The molecule has 0 aliphatic carbocycles. The summed E-state index contributed by atoms with van der Waals surface area (Å²) in [7, 11) is 3.31. The smallest absolute Gasteiger partial charge is 0.407 e. The maximum atomic E-state index is 11.3. The van der Waals surface area contributed by atoms with Gasteiger partial charge in [0, 0.05) is 39.6 Å². The molecule has 0 saturated carbocycles. The van der Waals surface area contributed by atoms with Crippen LogP contribution < -0.4 is 5.73 Å². The molecule has 0 aromatic heterocycles. The Hall–Kier alpha value is -1.30. The summed E-state index contributed by atoms with van der Waals surface area (Å²) in [5.74, 6) is 0.562. The monoisotopic (exact) mass is 243 g/mol. The highest BCUT2D eigenvalue weighted by Crippen LogP contribution is 2.20. The van der Waals surface area contributed by atoms with Crippen molar-refractivity contribution in [2.24, 2.45) is 11.7 Å². The molecule has 0 bridgehead atoms. The molecule has 1 rings (SSSR count). The van der Waals surface area contributed by atoms with Crippen LogP contribution in [-0.4, -0.2) is 60.1 Å². The number of likely N-dealkylation sites (N-methyl/N-ethyl adjacent to an activating group) is 1. The highest BCUT2D eigenvalue weighted by Gasteiger charge is 2.25. The van der Waals surface area contributed by atoms with Gasteiger partial charge >= 0.3 is 6.09 Å². The molecule has 0 unspecified atom stereocenters. The summed E-state index contributed by atoms with van der Waals surface area (Å²) >= 11 is 0. The van der Waals surface area contributed by atoms with Gasteiger partial charge in [0.2, 0.25) is 5.91 Å². The van der Waals surface area contributed by atoms with Crippen molar-refractivity contribution in [2.75, 3.05) is 27.2 Å². The first kappa shape index (κ1) is 13.8. The first-order chi connectivity index (χ1) is 7.90. The molecule has 1 aliphatic heterocycles. The van der Waals surface area contributed by atoms with Crippen LogP contribution in [0.1, 0.15) is 19.3 Å². The number of nitrogens with zero attached hydrogens (tertiary/aromatic N) is 2. The van der Waals surface area contributed by atoms with E-state index in [2.05, 4.69) is 0 Å². The number of carbonyl (C=O) groups excluding carboxylic acids is 1. The summed E-state index contributed by atoms with van der Waals surface area (Å²) in [6, 6.07) is -0.164. The molecule has 0 aromatic carbocycles. The first-order valence-corrected chi connectivity index (χ1v) is 5.83. The lowest BCUT2D eigenvalue weighted by Crippen LogP contribution is -2.43. The predicted molar refractivity (Wildman–Crippen MR) is 63.6 cm³/mol. The van der Waals surface area contributed by atoms with Crippen LogP contribution in [0, 0.1) is 5.92 Å². The fraction of sp³-hybridized carbons (Fsp3) is 0.818. The summed E-state index contributed by atoms with van der Waals surface area (Å²) in [5, 5.41) is 8.73. The van der Waals surface area contributed by atoms with E-state index in [1.165, 1.54) is 11.9 Å². The van der Waals surface area contributed by atoms with Crippen molar-refractivity contribution in [2.45, 2.75) is 25.3 Å². The maximum absolute atomic E-state index is 11.3. The average molecular weight is 243 g/mol. The first-order valence-electron chi connectivity index (χ1n) is 5.83. The number of hydrogen-bond donors (Lipinski definition) is 2. The van der Waals surface area contributed by atoms with E-state index < -0.39 is 6.09 Å². The normalized spacial score (nSPS) is 22.4. The van der Waals surface area contributed by atoms with Crippen LogP contribution in [0.3, 0.4) is 0 Å². The minimum Gasteiger partial charge on any atom is -0.465 e. The van der Waals surface area contributed by atoms with Crippen molar-refractivity contribution < 1.29 is 14.7 Å². The van der Waals surface area contributed by atoms with Crippen LogP contribution in [0.25, 0.3) is 0 Å². The quantitative estimate of drug-likeness (QED) is 0.737. The molecule has 1 fully saturated rings. The predicted octanol–water partition coefficient (Wildman–Crippen LogP) is 0.182. The van der Waals surface area contributed by atoms with Crippen LogP contribution in [0.5, 0.6) is 0 Å². The number of rotatable bonds is 4. The molecule has 6 nitrogen and oxygen atoms in total. The molecule has 2 amide bonds. The van der Waals surface area contributed by atoms with Gasteiger partial charge in [-0.3, -0.25) is 4.79 Å². The molecule has 0 radical (unpaired) electrons. The van der Waals surface area contributed by atoms with Crippen molar-refractivity contribution in [3.63, 3.8) is 0 Å². The van der Waals surface area contributed by atoms with Crippen molar-refractivity contribution in [1.29, 1.82) is 0 Å². The van der Waals surface area contributed by atoms with E-state index >= 15 is 0 Å². The largest absolute Gasteiger partial charge is 0.465 e. The van der Waals surface area contributed by atoms with Crippen molar-refractivity contribution in [1.82, 2.24) is 9.80 Å². The third-order valence-corrected chi connectivity index (χ3v) is 3.20. The van der Waals surface area contributed by atoms with E-state index in [1.807, 2.05) is 0 Å². The molecule has 3 N–H and O–H groups in total. The minimum atomic E-state index is -0.962. The van der Waals surface area contributed by atoms with Crippen LogP contribution in [0.2, 0.25) is 0 Å². The van der Waals surface area contributed by atoms with Crippen molar-refractivity contribution in [3.8, 4) is 0 Å². The number of amides is 2. The lowest BCUT2D eigenvalue weighted by atomic mass is 9.91. The molecule has 1 aliphatic rings. The summed E-state index contributed by atoms with van der Waals surface area (Å²) < 4.78 is 0. The van der Waals surface area contributed by atoms with Gasteiger partial charge in [-0.15, -0.1) is 0 Å². The molecule has 98 valence electrons. The number of hydrogen-bond acceptors (Lipinski definition) is 3. The second-order valence-corrected chi connectivity index (χ2v) is 4.84. The van der Waals surface area contributed by atoms with E-state index in [0.717, 1.165) is 19.4 Å². The van der Waals surface area contributed by atoms with Gasteiger partial charge in [0.05, 0.1) is 0 Å². The van der Waals surface area contributed by atoms with Gasteiger partial charge in [-0.2, -0.15) is 0 Å². The Morgan fingerprint density at radius 3 is 2.88 bits per heavy atom. The Morgan fingerprint density at radius 1 is 1.71 bits per heavy atom. The maximum Gasteiger partial charge on any atom is 0.407 e. The fourth-order valence-electron chi connectivity index (χ4n) is 2.22. The Labute approximate surface area is 101 Å². The molecule has 1 saturated heterocycles. The summed E-state index contributed by atoms with van der Waals surface area (Å²) in [5.41, 5.74) is 5.91. The molecule has 1 heterocycles. The van der Waals surface area contributed by atoms with E-state index in [-0.39, 0.29) is 11.9 Å². The second-order valence-electron chi connectivity index (χ2n) is 4.84. The molecule has 17 heavy (non-hydrogen) atoms. The Morgan fingerprint density at radius 2 is 2.35 bits per heavy atom. The van der Waals surface area contributed by atoms with Crippen LogP contribution in [0.15, 0.2) is 0 Å². The summed E-state index contributed by atoms with van der Waals surface area (Å²) in [6.45, 7) is 1.06. The minimum absolute atomic E-state index is 0.164. The fourth-order valence-corrected chi connectivity index (χ4v) is 2.22. The zero-order chi connectivity index (χ0) is 13.0. The van der Waals surface area contributed by atoms with Gasteiger partial charge in [0.15, 0.2) is 0 Å². The van der Waals surface area contributed by atoms with Gasteiger partial charge in [0.25, 0.3) is 0 Å². The zero-order valence-corrected chi connectivity index (χ0v) is 10.4. The lowest BCUT2D eigenvalue weighted by Gasteiger charge is -2.31. The zero-order valence-electron chi connectivity index (χ0n) is 10.4. The summed E-state index contributed by atoms with van der Waals surface area (Å²) in [6.07, 6.45) is 1.22. The molecule has 2 atom stereocenters. The number of piperidine rings is 1. The number of likely N-dealkylation sites (tertiary alicyclic amines) is 1. The standard InChI is InChI=1S/C11H21N3O3/c1-13-6-8(3-4-10(13)15)5-9(12)7-14(2)11(16)17/h8-9H,3-7,12H2,1-2H3,(H,16,17)/t8-,9-/m0/s1. The molecule has 6 heteroatoms. The molecular weight excluding hydrogens is 222 g/mol. The SMILES string of the molecule is CN(C[C@@H](N)C[C@@H]1CCC(=O)N(C)C1)C(=O)O. The van der Waals surface area contributed by atoms with Gasteiger partial charge in [0.1, 0.15) is 0 Å². The number of carbonyl (C=O) groups is 2. The Kier molecular flexibility index (Phi) is 4.74. The number of nitrogens with two attached hydrogens (primary N) is 1. The van der Waals surface area contributed by atoms with Gasteiger partial charge in [-0.25, -0.2) is 4.79 Å². The lowest BCUT2D eigenvalue weighted by molar-refractivity contribution is -0.133. The van der Waals surface area contributed by atoms with Crippen molar-refractivity contribution >= 4 is 12.0 Å². The van der Waals surface area contributed by atoms with E-state index in [9.17, 15) is 9.59 Å². The average Bonchev–Trinajstić information content (AvgIpc) is 2.23. The van der Waals surface area contributed by atoms with Crippen LogP contribution in [0.4, 0.5) is 4.79 Å². The van der Waals surface area contributed by atoms with E-state index in [0.29, 0.717) is 18.9 Å². The highest BCUT2D eigenvalue weighted by atomic mass is 16.4. The van der Waals surface area contributed by atoms with Crippen LogP contribution >= 0.6 is 0 Å². The number of carboxylic acid groups (broad SMARTS) is 1. The third-order valence-electron chi connectivity index (χ3n) is 3.20. The van der Waals surface area contributed by atoms with Crippen LogP contribution in [-0.2, 0) is 4.79 Å². The third kappa shape index (κ3) is 4.22. The summed E-state index contributed by atoms with van der Waals surface area (Å²) in [4.78, 5) is 24.9. The van der Waals surface area contributed by atoms with E-state index in [1.54, 1.807) is 11.9 Å². The Bertz CT molecular complexity index is 296. The molecule has 0 spiro atoms. The molecule has 0 aromatic rings. The van der Waals surface area contributed by atoms with Gasteiger partial charge in [-0.1, -0.05) is 0 Å². The van der Waals surface area contributed by atoms with Gasteiger partial charge in [-0.05, 0) is 18.8 Å². The highest BCUT2D eigenvalue weighted by molar-refractivity contribution is 5.76. The van der Waals surface area contributed by atoms with Gasteiger partial charge < -0.3 is 20.6 Å². The van der Waals surface area contributed by atoms with E-state index in [4.69, 9.17) is 10.8 Å². The topological polar surface area (TPSA) is 86.9 Å².